The van der Waals surface area contributed by atoms with Gasteiger partial charge in [-0.15, -0.1) is 10.2 Å². The standard InChI is InChI=1S/C10H22N8/c1-3-5-7(15-17-9(11)12)8(6-4-2)16-18-10(13)14/h3-6H2,1-2H3,(H4,11,12,17)(H4,13,14,18)/b15-7-,16-8+. The van der Waals surface area contributed by atoms with Gasteiger partial charge in [0.2, 0.25) is 11.9 Å². The van der Waals surface area contributed by atoms with Gasteiger partial charge in [-0.3, -0.25) is 0 Å². The molecule has 8 heteroatoms. The van der Waals surface area contributed by atoms with Crippen LogP contribution in [0.4, 0.5) is 0 Å². The first-order valence-electron chi connectivity index (χ1n) is 5.82. The summed E-state index contributed by atoms with van der Waals surface area (Å²) in [5, 5.41) is 15.2. The van der Waals surface area contributed by atoms with Crippen molar-refractivity contribution in [3.8, 4) is 0 Å². The minimum atomic E-state index is -0.0960. The summed E-state index contributed by atoms with van der Waals surface area (Å²) >= 11 is 0. The van der Waals surface area contributed by atoms with E-state index in [1.54, 1.807) is 0 Å². The third-order valence-corrected chi connectivity index (χ3v) is 1.88. The monoisotopic (exact) mass is 254 g/mol. The summed E-state index contributed by atoms with van der Waals surface area (Å²) in [4.78, 5) is 0. The van der Waals surface area contributed by atoms with Crippen molar-refractivity contribution in [2.24, 2.45) is 43.3 Å². The highest BCUT2D eigenvalue weighted by Gasteiger charge is 2.08. The fraction of sp³-hybridized carbons (Fsp3) is 0.600. The maximum absolute atomic E-state index is 5.25. The molecule has 102 valence electrons. The second kappa shape index (κ2) is 8.97. The number of rotatable bonds is 7. The molecule has 8 N–H and O–H groups in total. The molecule has 0 amide bonds. The van der Waals surface area contributed by atoms with Crippen LogP contribution in [0.25, 0.3) is 0 Å². The van der Waals surface area contributed by atoms with Gasteiger partial charge < -0.3 is 22.9 Å². The molecular weight excluding hydrogens is 232 g/mol. The van der Waals surface area contributed by atoms with Gasteiger partial charge >= 0.3 is 0 Å². The largest absolute Gasteiger partial charge is 0.369 e. The number of hydrogen-bond donors (Lipinski definition) is 4. The van der Waals surface area contributed by atoms with Crippen molar-refractivity contribution < 1.29 is 0 Å². The van der Waals surface area contributed by atoms with Crippen LogP contribution in [0.2, 0.25) is 0 Å². The molecule has 0 heterocycles. The highest BCUT2D eigenvalue weighted by atomic mass is 15.3. The molecule has 0 aromatic heterocycles. The molecule has 0 aromatic carbocycles. The minimum absolute atomic E-state index is 0.0960. The third kappa shape index (κ3) is 7.20. The second-order valence-corrected chi connectivity index (χ2v) is 3.64. The lowest BCUT2D eigenvalue weighted by Gasteiger charge is -2.05. The third-order valence-electron chi connectivity index (χ3n) is 1.88. The van der Waals surface area contributed by atoms with Crippen LogP contribution in [-0.4, -0.2) is 23.3 Å². The predicted octanol–water partition coefficient (Wildman–Crippen LogP) is -0.155. The summed E-state index contributed by atoms with van der Waals surface area (Å²) in [5.74, 6) is -0.192. The summed E-state index contributed by atoms with van der Waals surface area (Å²) in [6.45, 7) is 4.05. The van der Waals surface area contributed by atoms with Crippen molar-refractivity contribution in [3.63, 3.8) is 0 Å². The van der Waals surface area contributed by atoms with Crippen LogP contribution in [-0.2, 0) is 0 Å². The second-order valence-electron chi connectivity index (χ2n) is 3.64. The average Bonchev–Trinajstić information content (AvgIpc) is 2.29. The summed E-state index contributed by atoms with van der Waals surface area (Å²) in [5.41, 5.74) is 22.4. The molecule has 0 aliphatic rings. The molecular formula is C10H22N8. The zero-order valence-corrected chi connectivity index (χ0v) is 10.9. The van der Waals surface area contributed by atoms with Crippen molar-refractivity contribution in [2.75, 3.05) is 0 Å². The summed E-state index contributed by atoms with van der Waals surface area (Å²) in [7, 11) is 0. The molecule has 18 heavy (non-hydrogen) atoms. The molecule has 0 unspecified atom stereocenters. The lowest BCUT2D eigenvalue weighted by atomic mass is 10.1. The van der Waals surface area contributed by atoms with Gasteiger partial charge in [-0.2, -0.15) is 10.2 Å². The van der Waals surface area contributed by atoms with Crippen LogP contribution >= 0.6 is 0 Å². The van der Waals surface area contributed by atoms with E-state index in [9.17, 15) is 0 Å². The lowest BCUT2D eigenvalue weighted by molar-refractivity contribution is 0.959. The average molecular weight is 254 g/mol. The van der Waals surface area contributed by atoms with E-state index in [2.05, 4.69) is 20.4 Å². The van der Waals surface area contributed by atoms with Gasteiger partial charge in [0.15, 0.2) is 0 Å². The van der Waals surface area contributed by atoms with Gasteiger partial charge in [0.1, 0.15) is 0 Å². The van der Waals surface area contributed by atoms with Gasteiger partial charge in [0, 0.05) is 0 Å². The van der Waals surface area contributed by atoms with Gasteiger partial charge in [-0.1, -0.05) is 26.7 Å². The Hall–Kier alpha value is -2.12. The van der Waals surface area contributed by atoms with Crippen LogP contribution in [0.5, 0.6) is 0 Å². The van der Waals surface area contributed by atoms with E-state index in [0.717, 1.165) is 12.8 Å². The van der Waals surface area contributed by atoms with E-state index >= 15 is 0 Å². The molecule has 0 saturated heterocycles. The summed E-state index contributed by atoms with van der Waals surface area (Å²) in [6.07, 6.45) is 3.19. The molecule has 0 aliphatic carbocycles. The topological polar surface area (TPSA) is 154 Å². The Morgan fingerprint density at radius 2 is 1.00 bits per heavy atom. The van der Waals surface area contributed by atoms with Crippen molar-refractivity contribution in [1.29, 1.82) is 0 Å². The van der Waals surface area contributed by atoms with Crippen LogP contribution < -0.4 is 22.9 Å². The molecule has 0 atom stereocenters. The molecule has 0 aliphatic heterocycles. The van der Waals surface area contributed by atoms with Crippen LogP contribution in [0.3, 0.4) is 0 Å². The maximum Gasteiger partial charge on any atom is 0.211 e. The first-order chi connectivity index (χ1) is 8.51. The molecule has 0 saturated carbocycles. The smallest absolute Gasteiger partial charge is 0.211 e. The van der Waals surface area contributed by atoms with E-state index in [-0.39, 0.29) is 11.9 Å². The van der Waals surface area contributed by atoms with E-state index in [4.69, 9.17) is 22.9 Å². The van der Waals surface area contributed by atoms with Crippen molar-refractivity contribution in [3.05, 3.63) is 0 Å². The number of nitrogens with two attached hydrogens (primary N) is 4. The van der Waals surface area contributed by atoms with E-state index in [1.807, 2.05) is 13.8 Å². The Kier molecular flexibility index (Phi) is 7.91. The maximum atomic E-state index is 5.25. The number of nitrogens with zero attached hydrogens (tertiary/aromatic N) is 4. The Morgan fingerprint density at radius 1 is 0.667 bits per heavy atom. The van der Waals surface area contributed by atoms with Crippen LogP contribution in [0.1, 0.15) is 39.5 Å². The fourth-order valence-electron chi connectivity index (χ4n) is 1.21. The van der Waals surface area contributed by atoms with Crippen molar-refractivity contribution in [1.82, 2.24) is 0 Å². The molecule has 0 radical (unpaired) electrons. The first-order valence-corrected chi connectivity index (χ1v) is 5.82. The van der Waals surface area contributed by atoms with Crippen LogP contribution in [0.15, 0.2) is 20.4 Å². The van der Waals surface area contributed by atoms with Crippen molar-refractivity contribution >= 4 is 23.3 Å². The van der Waals surface area contributed by atoms with Gasteiger partial charge in [-0.25, -0.2) is 0 Å². The molecule has 0 fully saturated rings. The SMILES string of the molecule is CCCC(=N/N=C(N)N)/C(CCC)=N/N=C(N)N. The Balaban J connectivity index is 5.22. The van der Waals surface area contributed by atoms with Crippen LogP contribution in [0, 0.1) is 0 Å². The van der Waals surface area contributed by atoms with Gasteiger partial charge in [-0.05, 0) is 12.8 Å². The zero-order valence-electron chi connectivity index (χ0n) is 10.9. The van der Waals surface area contributed by atoms with E-state index in [1.165, 1.54) is 0 Å². The first kappa shape index (κ1) is 15.9. The van der Waals surface area contributed by atoms with Gasteiger partial charge in [0.05, 0.1) is 11.4 Å². The quantitative estimate of drug-likeness (QED) is 0.283. The molecule has 0 rings (SSSR count). The molecule has 8 nitrogen and oxygen atoms in total. The Labute approximate surface area is 107 Å². The number of hydrogen-bond acceptors (Lipinski definition) is 4. The molecule has 0 spiro atoms. The predicted molar refractivity (Wildman–Crippen MR) is 76.3 cm³/mol. The molecule has 0 aromatic rings. The summed E-state index contributed by atoms with van der Waals surface area (Å²) in [6, 6.07) is 0. The normalized spacial score (nSPS) is 12.1. The summed E-state index contributed by atoms with van der Waals surface area (Å²) < 4.78 is 0. The van der Waals surface area contributed by atoms with Crippen molar-refractivity contribution in [2.45, 2.75) is 39.5 Å². The highest BCUT2D eigenvalue weighted by Crippen LogP contribution is 2.03. The van der Waals surface area contributed by atoms with Gasteiger partial charge in [0.25, 0.3) is 0 Å². The van der Waals surface area contributed by atoms with E-state index < -0.39 is 0 Å². The highest BCUT2D eigenvalue weighted by molar-refractivity contribution is 6.42. The molecule has 0 bridgehead atoms. The van der Waals surface area contributed by atoms with E-state index in [0.29, 0.717) is 24.3 Å². The zero-order chi connectivity index (χ0) is 14.0. The Morgan fingerprint density at radius 3 is 1.22 bits per heavy atom. The minimum Gasteiger partial charge on any atom is -0.369 e. The fourth-order valence-corrected chi connectivity index (χ4v) is 1.21. The Bertz CT molecular complexity index is 322. The lowest BCUT2D eigenvalue weighted by Crippen LogP contribution is -2.23. The number of guanidine groups is 2.